The Hall–Kier alpha value is -3.32. The topological polar surface area (TPSA) is 72.9 Å². The van der Waals surface area contributed by atoms with E-state index in [4.69, 9.17) is 4.42 Å². The van der Waals surface area contributed by atoms with E-state index in [-0.39, 0.29) is 0 Å². The molecule has 0 radical (unpaired) electrons. The van der Waals surface area contributed by atoms with E-state index in [2.05, 4.69) is 25.4 Å². The van der Waals surface area contributed by atoms with E-state index in [1.54, 1.807) is 4.68 Å². The minimum absolute atomic E-state index is 0.532. The Bertz CT molecular complexity index is 884. The molecule has 0 aliphatic carbocycles. The number of aromatic nitrogens is 5. The molecule has 7 heteroatoms. The molecular weight excluding hydrogens is 328 g/mol. The van der Waals surface area contributed by atoms with Crippen molar-refractivity contribution >= 4 is 0 Å². The Morgan fingerprint density at radius 1 is 0.885 bits per heavy atom. The van der Waals surface area contributed by atoms with Gasteiger partial charge in [-0.1, -0.05) is 41.6 Å². The van der Waals surface area contributed by atoms with Crippen molar-refractivity contribution in [2.24, 2.45) is 0 Å². The summed E-state index contributed by atoms with van der Waals surface area (Å²) in [5, 5.41) is 16.7. The number of nitrogens with zero attached hydrogens (tertiary/aromatic N) is 6. The van der Waals surface area contributed by atoms with Crippen LogP contribution in [0.15, 0.2) is 71.3 Å². The van der Waals surface area contributed by atoms with Gasteiger partial charge in [0.1, 0.15) is 0 Å². The molecule has 2 aromatic carbocycles. The first-order chi connectivity index (χ1) is 12.8. The molecule has 130 valence electrons. The van der Waals surface area contributed by atoms with Crippen molar-refractivity contribution in [3.8, 4) is 17.1 Å². The molecule has 0 fully saturated rings. The molecule has 26 heavy (non-hydrogen) atoms. The van der Waals surface area contributed by atoms with Gasteiger partial charge in [0, 0.05) is 12.1 Å². The minimum Gasteiger partial charge on any atom is -0.419 e. The molecule has 0 saturated heterocycles. The predicted octanol–water partition coefficient (Wildman–Crippen LogP) is 2.95. The van der Waals surface area contributed by atoms with Gasteiger partial charge in [-0.25, -0.2) is 4.68 Å². The Balaban J connectivity index is 1.40. The van der Waals surface area contributed by atoms with Crippen LogP contribution in [-0.4, -0.2) is 37.1 Å². The summed E-state index contributed by atoms with van der Waals surface area (Å²) in [5.74, 6) is 1.10. The molecule has 0 saturated carbocycles. The monoisotopic (exact) mass is 346 g/mol. The van der Waals surface area contributed by atoms with Crippen LogP contribution >= 0.6 is 0 Å². The SMILES string of the molecule is CN(Cc1cn(-c2ccccc2)nn1)Cc1nnc(-c2ccccc2)o1. The van der Waals surface area contributed by atoms with Crippen molar-refractivity contribution in [3.05, 3.63) is 78.4 Å². The van der Waals surface area contributed by atoms with Crippen LogP contribution in [0.2, 0.25) is 0 Å². The van der Waals surface area contributed by atoms with Crippen LogP contribution in [0.1, 0.15) is 11.6 Å². The minimum atomic E-state index is 0.532. The Labute approximate surface area is 150 Å². The normalized spacial score (nSPS) is 11.2. The highest BCUT2D eigenvalue weighted by molar-refractivity contribution is 5.51. The van der Waals surface area contributed by atoms with Gasteiger partial charge in [0.05, 0.1) is 24.1 Å². The molecule has 0 atom stereocenters. The highest BCUT2D eigenvalue weighted by atomic mass is 16.4. The van der Waals surface area contributed by atoms with Gasteiger partial charge >= 0.3 is 0 Å². The third-order valence-corrected chi connectivity index (χ3v) is 3.89. The maximum absolute atomic E-state index is 5.75. The second-order valence-electron chi connectivity index (χ2n) is 6.03. The quantitative estimate of drug-likeness (QED) is 0.534. The first-order valence-corrected chi connectivity index (χ1v) is 8.31. The van der Waals surface area contributed by atoms with Gasteiger partial charge in [-0.2, -0.15) is 0 Å². The summed E-state index contributed by atoms with van der Waals surface area (Å²) in [7, 11) is 1.98. The number of rotatable bonds is 6. The summed E-state index contributed by atoms with van der Waals surface area (Å²) in [6, 6.07) is 19.7. The zero-order chi connectivity index (χ0) is 17.8. The molecule has 0 aliphatic heterocycles. The van der Waals surface area contributed by atoms with Crippen molar-refractivity contribution in [3.63, 3.8) is 0 Å². The molecule has 0 amide bonds. The summed E-state index contributed by atoms with van der Waals surface area (Å²) in [5.41, 5.74) is 2.78. The standard InChI is InChI=1S/C19H18N6O/c1-24(12-16-13-25(23-20-16)17-10-6-3-7-11-17)14-18-21-22-19(26-18)15-8-4-2-5-9-15/h2-11,13H,12,14H2,1H3. The fourth-order valence-corrected chi connectivity index (χ4v) is 2.66. The average molecular weight is 346 g/mol. The molecule has 2 aromatic heterocycles. The van der Waals surface area contributed by atoms with Crippen LogP contribution in [0, 0.1) is 0 Å². The Morgan fingerprint density at radius 3 is 2.38 bits per heavy atom. The van der Waals surface area contributed by atoms with Gasteiger partial charge in [0.25, 0.3) is 0 Å². The number of benzene rings is 2. The lowest BCUT2D eigenvalue weighted by molar-refractivity contribution is 0.279. The first kappa shape index (κ1) is 16.2. The van der Waals surface area contributed by atoms with Gasteiger partial charge in [0.2, 0.25) is 11.8 Å². The summed E-state index contributed by atoms with van der Waals surface area (Å²) in [4.78, 5) is 2.06. The van der Waals surface area contributed by atoms with Crippen LogP contribution in [0.4, 0.5) is 0 Å². The highest BCUT2D eigenvalue weighted by Gasteiger charge is 2.12. The molecule has 4 aromatic rings. The second-order valence-corrected chi connectivity index (χ2v) is 6.03. The zero-order valence-corrected chi connectivity index (χ0v) is 14.4. The van der Waals surface area contributed by atoms with Crippen molar-refractivity contribution < 1.29 is 4.42 Å². The van der Waals surface area contributed by atoms with E-state index in [0.717, 1.165) is 16.9 Å². The van der Waals surface area contributed by atoms with E-state index in [1.807, 2.05) is 73.9 Å². The average Bonchev–Trinajstić information content (AvgIpc) is 3.33. The lowest BCUT2D eigenvalue weighted by Gasteiger charge is -2.11. The lowest BCUT2D eigenvalue weighted by Crippen LogP contribution is -2.17. The van der Waals surface area contributed by atoms with Crippen molar-refractivity contribution in [1.82, 2.24) is 30.1 Å². The molecular formula is C19H18N6O. The molecule has 0 bridgehead atoms. The van der Waals surface area contributed by atoms with E-state index in [9.17, 15) is 0 Å². The molecule has 0 spiro atoms. The van der Waals surface area contributed by atoms with Crippen LogP contribution in [0.5, 0.6) is 0 Å². The maximum Gasteiger partial charge on any atom is 0.247 e. The van der Waals surface area contributed by atoms with Gasteiger partial charge in [-0.15, -0.1) is 15.3 Å². The van der Waals surface area contributed by atoms with E-state index >= 15 is 0 Å². The molecule has 0 unspecified atom stereocenters. The van der Waals surface area contributed by atoms with E-state index in [0.29, 0.717) is 24.9 Å². The maximum atomic E-state index is 5.75. The van der Waals surface area contributed by atoms with Crippen molar-refractivity contribution in [2.45, 2.75) is 13.1 Å². The Kier molecular flexibility index (Phi) is 4.53. The van der Waals surface area contributed by atoms with Gasteiger partial charge in [-0.3, -0.25) is 4.90 Å². The fourth-order valence-electron chi connectivity index (χ4n) is 2.66. The van der Waals surface area contributed by atoms with Gasteiger partial charge in [-0.05, 0) is 31.3 Å². The lowest BCUT2D eigenvalue weighted by atomic mass is 10.2. The summed E-state index contributed by atoms with van der Waals surface area (Å²) >= 11 is 0. The zero-order valence-electron chi connectivity index (χ0n) is 14.4. The van der Waals surface area contributed by atoms with Gasteiger partial charge < -0.3 is 4.42 Å². The van der Waals surface area contributed by atoms with Crippen molar-refractivity contribution in [2.75, 3.05) is 7.05 Å². The first-order valence-electron chi connectivity index (χ1n) is 8.31. The van der Waals surface area contributed by atoms with Crippen LogP contribution in [0.25, 0.3) is 17.1 Å². The molecule has 7 nitrogen and oxygen atoms in total. The molecule has 2 heterocycles. The fraction of sp³-hybridized carbons (Fsp3) is 0.158. The van der Waals surface area contributed by atoms with Crippen LogP contribution in [0.3, 0.4) is 0 Å². The Morgan fingerprint density at radius 2 is 1.62 bits per heavy atom. The highest BCUT2D eigenvalue weighted by Crippen LogP contribution is 2.17. The van der Waals surface area contributed by atoms with Crippen LogP contribution < -0.4 is 0 Å². The van der Waals surface area contributed by atoms with Crippen LogP contribution in [-0.2, 0) is 13.1 Å². The predicted molar refractivity (Wildman–Crippen MR) is 96.3 cm³/mol. The number of para-hydroxylation sites is 1. The summed E-state index contributed by atoms with van der Waals surface area (Å²) in [6.07, 6.45) is 1.93. The van der Waals surface area contributed by atoms with Gasteiger partial charge in [0.15, 0.2) is 0 Å². The molecule has 0 N–H and O–H groups in total. The third kappa shape index (κ3) is 3.68. The largest absolute Gasteiger partial charge is 0.419 e. The molecule has 0 aliphatic rings. The number of hydrogen-bond acceptors (Lipinski definition) is 6. The summed E-state index contributed by atoms with van der Waals surface area (Å²) in [6.45, 7) is 1.17. The van der Waals surface area contributed by atoms with E-state index < -0.39 is 0 Å². The smallest absolute Gasteiger partial charge is 0.247 e. The van der Waals surface area contributed by atoms with Crippen molar-refractivity contribution in [1.29, 1.82) is 0 Å². The number of hydrogen-bond donors (Lipinski definition) is 0. The third-order valence-electron chi connectivity index (χ3n) is 3.89. The van der Waals surface area contributed by atoms with E-state index in [1.165, 1.54) is 0 Å². The summed E-state index contributed by atoms with van der Waals surface area (Å²) < 4.78 is 7.51. The second kappa shape index (κ2) is 7.28. The molecule has 4 rings (SSSR count).